The van der Waals surface area contributed by atoms with Crippen molar-refractivity contribution in [1.29, 1.82) is 0 Å². The van der Waals surface area contributed by atoms with Gasteiger partial charge in [-0.15, -0.1) is 0 Å². The first-order chi connectivity index (χ1) is 9.19. The average Bonchev–Trinajstić information content (AvgIpc) is 2.42. The number of nitrogens with one attached hydrogen (secondary N) is 1. The van der Waals surface area contributed by atoms with Gasteiger partial charge in [-0.05, 0) is 38.8 Å². The molecule has 1 atom stereocenters. The van der Waals surface area contributed by atoms with Crippen molar-refractivity contribution in [2.75, 3.05) is 27.4 Å². The molecule has 2 N–H and O–H groups in total. The van der Waals surface area contributed by atoms with Crippen molar-refractivity contribution in [3.63, 3.8) is 0 Å². The van der Waals surface area contributed by atoms with Crippen molar-refractivity contribution in [1.82, 2.24) is 5.32 Å². The van der Waals surface area contributed by atoms with Crippen LogP contribution in [0.1, 0.15) is 37.8 Å². The summed E-state index contributed by atoms with van der Waals surface area (Å²) in [5.41, 5.74) is 0.901. The molecule has 0 heterocycles. The minimum absolute atomic E-state index is 0.133. The molecule has 108 valence electrons. The van der Waals surface area contributed by atoms with Crippen LogP contribution in [0, 0.1) is 0 Å². The molecule has 0 saturated heterocycles. The van der Waals surface area contributed by atoms with E-state index in [-0.39, 0.29) is 11.8 Å². The zero-order valence-corrected chi connectivity index (χ0v) is 12.1. The first-order valence-corrected chi connectivity index (χ1v) is 6.78. The number of benzene rings is 1. The molecule has 1 aromatic rings. The van der Waals surface area contributed by atoms with Crippen LogP contribution >= 0.6 is 0 Å². The molecule has 0 saturated carbocycles. The first kappa shape index (κ1) is 15.8. The number of ether oxygens (including phenoxy) is 2. The zero-order chi connectivity index (χ0) is 14.1. The molecule has 4 nitrogen and oxygen atoms in total. The lowest BCUT2D eigenvalue weighted by molar-refractivity contribution is 0.192. The highest BCUT2D eigenvalue weighted by Crippen LogP contribution is 2.28. The molecule has 0 fully saturated rings. The fourth-order valence-electron chi connectivity index (χ4n) is 1.99. The highest BCUT2D eigenvalue weighted by Gasteiger charge is 2.10. The van der Waals surface area contributed by atoms with Crippen molar-refractivity contribution >= 4 is 0 Å². The van der Waals surface area contributed by atoms with Crippen LogP contribution in [-0.2, 0) is 4.74 Å². The average molecular weight is 267 g/mol. The van der Waals surface area contributed by atoms with Gasteiger partial charge < -0.3 is 19.9 Å². The highest BCUT2D eigenvalue weighted by atomic mass is 16.5. The van der Waals surface area contributed by atoms with Crippen LogP contribution in [0.5, 0.6) is 11.5 Å². The fraction of sp³-hybridized carbons (Fsp3) is 0.600. The van der Waals surface area contributed by atoms with E-state index in [0.717, 1.165) is 38.0 Å². The van der Waals surface area contributed by atoms with Crippen molar-refractivity contribution in [2.45, 2.75) is 32.2 Å². The SMILES string of the molecule is COCCCCCNC(C)c1ccc(OC)cc1O. The van der Waals surface area contributed by atoms with E-state index in [9.17, 15) is 5.11 Å². The molecule has 4 heteroatoms. The van der Waals surface area contributed by atoms with Crippen molar-refractivity contribution in [2.24, 2.45) is 0 Å². The summed E-state index contributed by atoms with van der Waals surface area (Å²) in [4.78, 5) is 0. The van der Waals surface area contributed by atoms with Crippen LogP contribution in [0.4, 0.5) is 0 Å². The van der Waals surface area contributed by atoms with Gasteiger partial charge in [0.1, 0.15) is 11.5 Å². The standard InChI is InChI=1S/C15H25NO3/c1-12(16-9-5-4-6-10-18-2)14-8-7-13(19-3)11-15(14)17/h7-8,11-12,16-17H,4-6,9-10H2,1-3H3. The number of hydrogen-bond acceptors (Lipinski definition) is 4. The van der Waals surface area contributed by atoms with E-state index in [2.05, 4.69) is 12.2 Å². The maximum absolute atomic E-state index is 9.93. The summed E-state index contributed by atoms with van der Waals surface area (Å²) in [6, 6.07) is 5.54. The summed E-state index contributed by atoms with van der Waals surface area (Å²) in [7, 11) is 3.32. The largest absolute Gasteiger partial charge is 0.507 e. The minimum Gasteiger partial charge on any atom is -0.507 e. The highest BCUT2D eigenvalue weighted by molar-refractivity contribution is 5.41. The van der Waals surface area contributed by atoms with Gasteiger partial charge in [-0.1, -0.05) is 6.07 Å². The van der Waals surface area contributed by atoms with Gasteiger partial charge in [-0.25, -0.2) is 0 Å². The van der Waals surface area contributed by atoms with E-state index < -0.39 is 0 Å². The van der Waals surface area contributed by atoms with Crippen molar-refractivity contribution in [3.8, 4) is 11.5 Å². The summed E-state index contributed by atoms with van der Waals surface area (Å²) in [5, 5.41) is 13.3. The Bertz CT molecular complexity index is 368. The predicted molar refractivity (Wildman–Crippen MR) is 76.8 cm³/mol. The second kappa shape index (κ2) is 8.77. The monoisotopic (exact) mass is 267 g/mol. The van der Waals surface area contributed by atoms with Gasteiger partial charge in [-0.2, -0.15) is 0 Å². The molecule has 0 spiro atoms. The van der Waals surface area contributed by atoms with Gasteiger partial charge in [0.2, 0.25) is 0 Å². The molecule has 1 aromatic carbocycles. The molecule has 0 bridgehead atoms. The summed E-state index contributed by atoms with van der Waals surface area (Å²) in [6.45, 7) is 3.82. The van der Waals surface area contributed by atoms with Crippen LogP contribution < -0.4 is 10.1 Å². The van der Waals surface area contributed by atoms with Gasteiger partial charge in [0.05, 0.1) is 7.11 Å². The lowest BCUT2D eigenvalue weighted by Gasteiger charge is -2.16. The first-order valence-electron chi connectivity index (χ1n) is 6.78. The Balaban J connectivity index is 2.34. The Hall–Kier alpha value is -1.26. The van der Waals surface area contributed by atoms with Crippen LogP contribution in [0.2, 0.25) is 0 Å². The van der Waals surface area contributed by atoms with E-state index in [1.165, 1.54) is 0 Å². The van der Waals surface area contributed by atoms with Gasteiger partial charge in [0.15, 0.2) is 0 Å². The summed E-state index contributed by atoms with van der Waals surface area (Å²) in [5.74, 6) is 0.951. The second-order valence-corrected chi connectivity index (χ2v) is 4.65. The number of rotatable bonds is 9. The van der Waals surface area contributed by atoms with Gasteiger partial charge in [0.25, 0.3) is 0 Å². The van der Waals surface area contributed by atoms with Crippen molar-refractivity contribution < 1.29 is 14.6 Å². The third-order valence-corrected chi connectivity index (χ3v) is 3.18. The molecule has 0 aromatic heterocycles. The molecule has 0 aliphatic heterocycles. The smallest absolute Gasteiger partial charge is 0.124 e. The Morgan fingerprint density at radius 1 is 1.21 bits per heavy atom. The fourth-order valence-corrected chi connectivity index (χ4v) is 1.99. The van der Waals surface area contributed by atoms with Crippen LogP contribution in [0.3, 0.4) is 0 Å². The van der Waals surface area contributed by atoms with Crippen LogP contribution in [0.15, 0.2) is 18.2 Å². The van der Waals surface area contributed by atoms with E-state index in [4.69, 9.17) is 9.47 Å². The van der Waals surface area contributed by atoms with Crippen LogP contribution in [0.25, 0.3) is 0 Å². The number of phenols is 1. The maximum atomic E-state index is 9.93. The van der Waals surface area contributed by atoms with Crippen molar-refractivity contribution in [3.05, 3.63) is 23.8 Å². The Kier molecular flexibility index (Phi) is 7.30. The summed E-state index contributed by atoms with van der Waals surface area (Å²) in [6.07, 6.45) is 3.37. The molecule has 0 aliphatic rings. The van der Waals surface area contributed by atoms with E-state index in [0.29, 0.717) is 5.75 Å². The number of unbranched alkanes of at least 4 members (excludes halogenated alkanes) is 2. The minimum atomic E-state index is 0.133. The molecular weight excluding hydrogens is 242 g/mol. The van der Waals surface area contributed by atoms with Crippen LogP contribution in [-0.4, -0.2) is 32.5 Å². The molecule has 0 radical (unpaired) electrons. The zero-order valence-electron chi connectivity index (χ0n) is 12.1. The lowest BCUT2D eigenvalue weighted by Crippen LogP contribution is -2.20. The third kappa shape index (κ3) is 5.49. The Morgan fingerprint density at radius 2 is 2.00 bits per heavy atom. The molecule has 1 rings (SSSR count). The van der Waals surface area contributed by atoms with Gasteiger partial charge in [0, 0.05) is 31.4 Å². The third-order valence-electron chi connectivity index (χ3n) is 3.18. The number of hydrogen-bond donors (Lipinski definition) is 2. The van der Waals surface area contributed by atoms with Gasteiger partial charge >= 0.3 is 0 Å². The topological polar surface area (TPSA) is 50.7 Å². The molecule has 0 aliphatic carbocycles. The Labute approximate surface area is 115 Å². The number of aromatic hydroxyl groups is 1. The van der Waals surface area contributed by atoms with E-state index in [1.807, 2.05) is 12.1 Å². The molecule has 19 heavy (non-hydrogen) atoms. The number of methoxy groups -OCH3 is 2. The maximum Gasteiger partial charge on any atom is 0.124 e. The van der Waals surface area contributed by atoms with E-state index in [1.54, 1.807) is 20.3 Å². The predicted octanol–water partition coefficient (Wildman–Crippen LogP) is 2.87. The molecule has 0 amide bonds. The lowest BCUT2D eigenvalue weighted by atomic mass is 10.1. The summed E-state index contributed by atoms with van der Waals surface area (Å²) >= 11 is 0. The van der Waals surface area contributed by atoms with Gasteiger partial charge in [-0.3, -0.25) is 0 Å². The summed E-state index contributed by atoms with van der Waals surface area (Å²) < 4.78 is 10.1. The Morgan fingerprint density at radius 3 is 2.63 bits per heavy atom. The number of phenolic OH excluding ortho intramolecular Hbond substituents is 1. The quantitative estimate of drug-likeness (QED) is 0.675. The van der Waals surface area contributed by atoms with E-state index >= 15 is 0 Å². The molecule has 1 unspecified atom stereocenters. The second-order valence-electron chi connectivity index (χ2n) is 4.65. The normalized spacial score (nSPS) is 12.4. The molecular formula is C15H25NO3.